The molecule has 1 aromatic rings. The van der Waals surface area contributed by atoms with Gasteiger partial charge in [0.2, 0.25) is 0 Å². The summed E-state index contributed by atoms with van der Waals surface area (Å²) in [7, 11) is 0. The third kappa shape index (κ3) is 2.15. The first-order valence-electron chi connectivity index (χ1n) is 4.71. The van der Waals surface area contributed by atoms with Crippen LogP contribution in [-0.4, -0.2) is 13.3 Å². The van der Waals surface area contributed by atoms with Crippen molar-refractivity contribution in [2.75, 3.05) is 13.3 Å². The first-order chi connectivity index (χ1) is 7.33. The van der Waals surface area contributed by atoms with E-state index in [0.717, 1.165) is 16.9 Å². The van der Waals surface area contributed by atoms with Gasteiger partial charge in [0.1, 0.15) is 5.75 Å². The molecule has 0 spiro atoms. The van der Waals surface area contributed by atoms with Crippen LogP contribution in [0.5, 0.6) is 5.75 Å². The van der Waals surface area contributed by atoms with E-state index in [2.05, 4.69) is 0 Å². The van der Waals surface area contributed by atoms with Crippen LogP contribution < -0.4 is 10.5 Å². The van der Waals surface area contributed by atoms with Crippen molar-refractivity contribution in [1.82, 2.24) is 0 Å². The Morgan fingerprint density at radius 3 is 3.13 bits per heavy atom. The summed E-state index contributed by atoms with van der Waals surface area (Å²) in [5.74, 6) is 0.835. The molecule has 0 saturated carbocycles. The highest BCUT2D eigenvalue weighted by Gasteiger charge is 2.15. The maximum Gasteiger partial charge on any atom is 0.189 e. The Kier molecular flexibility index (Phi) is 3.26. The number of halogens is 1. The zero-order chi connectivity index (χ0) is 10.7. The predicted molar refractivity (Wildman–Crippen MR) is 59.8 cm³/mol. The van der Waals surface area contributed by atoms with Gasteiger partial charge >= 0.3 is 0 Å². The molecule has 80 valence electrons. The van der Waals surface area contributed by atoms with Crippen molar-refractivity contribution in [3.05, 3.63) is 34.4 Å². The maximum absolute atomic E-state index is 6.09. The maximum atomic E-state index is 6.09. The van der Waals surface area contributed by atoms with Gasteiger partial charge in [0.25, 0.3) is 0 Å². The molecule has 0 saturated heterocycles. The van der Waals surface area contributed by atoms with Crippen molar-refractivity contribution in [2.45, 2.75) is 6.61 Å². The molecule has 0 fully saturated rings. The molecular weight excluding hydrogens is 214 g/mol. The van der Waals surface area contributed by atoms with Gasteiger partial charge in [0, 0.05) is 22.7 Å². The zero-order valence-corrected chi connectivity index (χ0v) is 8.96. The molecule has 0 amide bonds. The Morgan fingerprint density at radius 1 is 1.47 bits per heavy atom. The molecule has 1 aliphatic rings. The summed E-state index contributed by atoms with van der Waals surface area (Å²) in [6.45, 7) is 1.32. The summed E-state index contributed by atoms with van der Waals surface area (Å²) >= 11 is 6.09. The van der Waals surface area contributed by atoms with Gasteiger partial charge in [0.15, 0.2) is 6.79 Å². The standard InChI is InChI=1S/C11H12ClNO2/c12-10-3-4-11-9(6-14-7-15-11)8(10)2-1-5-13/h1-4H,5-7,13H2/b2-1+. The van der Waals surface area contributed by atoms with E-state index in [0.29, 0.717) is 25.0 Å². The van der Waals surface area contributed by atoms with Crippen molar-refractivity contribution >= 4 is 17.7 Å². The highest BCUT2D eigenvalue weighted by Crippen LogP contribution is 2.32. The van der Waals surface area contributed by atoms with Gasteiger partial charge in [0.05, 0.1) is 6.61 Å². The summed E-state index contributed by atoms with van der Waals surface area (Å²) in [5, 5.41) is 0.688. The van der Waals surface area contributed by atoms with E-state index >= 15 is 0 Å². The Labute approximate surface area is 93.4 Å². The fourth-order valence-electron chi connectivity index (χ4n) is 1.52. The highest BCUT2D eigenvalue weighted by molar-refractivity contribution is 6.32. The molecule has 0 atom stereocenters. The Morgan fingerprint density at radius 2 is 2.33 bits per heavy atom. The van der Waals surface area contributed by atoms with Crippen LogP contribution in [0.1, 0.15) is 11.1 Å². The summed E-state index contributed by atoms with van der Waals surface area (Å²) in [4.78, 5) is 0. The van der Waals surface area contributed by atoms with E-state index in [1.807, 2.05) is 24.3 Å². The monoisotopic (exact) mass is 225 g/mol. The van der Waals surface area contributed by atoms with E-state index in [1.165, 1.54) is 0 Å². The summed E-state index contributed by atoms with van der Waals surface area (Å²) in [5.41, 5.74) is 7.32. The third-order valence-corrected chi connectivity index (χ3v) is 2.56. The lowest BCUT2D eigenvalue weighted by molar-refractivity contribution is -0.0164. The Hall–Kier alpha value is -1.03. The SMILES string of the molecule is NC/C=C/c1c(Cl)ccc2c1COCO2. The third-order valence-electron chi connectivity index (χ3n) is 2.23. The van der Waals surface area contributed by atoms with Crippen LogP contribution in [0.4, 0.5) is 0 Å². The van der Waals surface area contributed by atoms with E-state index in [-0.39, 0.29) is 0 Å². The topological polar surface area (TPSA) is 44.5 Å². The van der Waals surface area contributed by atoms with Crippen LogP contribution in [0.15, 0.2) is 18.2 Å². The minimum Gasteiger partial charge on any atom is -0.467 e. The lowest BCUT2D eigenvalue weighted by Gasteiger charge is -2.20. The van der Waals surface area contributed by atoms with Gasteiger partial charge < -0.3 is 15.2 Å². The molecule has 1 aliphatic heterocycles. The molecule has 15 heavy (non-hydrogen) atoms. The van der Waals surface area contributed by atoms with Crippen molar-refractivity contribution < 1.29 is 9.47 Å². The molecule has 0 unspecified atom stereocenters. The second kappa shape index (κ2) is 4.66. The molecule has 0 aliphatic carbocycles. The van der Waals surface area contributed by atoms with Crippen LogP contribution in [-0.2, 0) is 11.3 Å². The lowest BCUT2D eigenvalue weighted by Crippen LogP contribution is -2.12. The van der Waals surface area contributed by atoms with Crippen LogP contribution in [0.3, 0.4) is 0 Å². The molecule has 0 radical (unpaired) electrons. The largest absolute Gasteiger partial charge is 0.467 e. The van der Waals surface area contributed by atoms with Gasteiger partial charge in [-0.15, -0.1) is 0 Å². The Balaban J connectivity index is 2.45. The number of fused-ring (bicyclic) bond motifs is 1. The molecular formula is C11H12ClNO2. The van der Waals surface area contributed by atoms with E-state index in [4.69, 9.17) is 26.8 Å². The van der Waals surface area contributed by atoms with Crippen LogP contribution >= 0.6 is 11.6 Å². The van der Waals surface area contributed by atoms with E-state index in [9.17, 15) is 0 Å². The first kappa shape index (κ1) is 10.5. The van der Waals surface area contributed by atoms with Crippen molar-refractivity contribution in [3.63, 3.8) is 0 Å². The minimum absolute atomic E-state index is 0.300. The normalized spacial score (nSPS) is 15.1. The number of hydrogen-bond donors (Lipinski definition) is 1. The minimum atomic E-state index is 0.300. The van der Waals surface area contributed by atoms with Crippen molar-refractivity contribution in [3.8, 4) is 5.75 Å². The lowest BCUT2D eigenvalue weighted by atomic mass is 10.1. The summed E-state index contributed by atoms with van der Waals surface area (Å²) in [6.07, 6.45) is 3.76. The van der Waals surface area contributed by atoms with Gasteiger partial charge in [-0.05, 0) is 12.1 Å². The molecule has 3 nitrogen and oxygen atoms in total. The average Bonchev–Trinajstić information content (AvgIpc) is 2.28. The molecule has 1 aromatic carbocycles. The molecule has 2 rings (SSSR count). The molecule has 1 heterocycles. The Bertz CT molecular complexity index is 390. The van der Waals surface area contributed by atoms with Gasteiger partial charge in [-0.3, -0.25) is 0 Å². The number of hydrogen-bond acceptors (Lipinski definition) is 3. The zero-order valence-electron chi connectivity index (χ0n) is 8.20. The molecule has 0 aromatic heterocycles. The van der Waals surface area contributed by atoms with Crippen molar-refractivity contribution in [1.29, 1.82) is 0 Å². The first-order valence-corrected chi connectivity index (χ1v) is 5.09. The fraction of sp³-hybridized carbons (Fsp3) is 0.273. The molecule has 2 N–H and O–H groups in total. The second-order valence-corrected chi connectivity index (χ2v) is 3.59. The van der Waals surface area contributed by atoms with Gasteiger partial charge in [-0.1, -0.05) is 23.8 Å². The van der Waals surface area contributed by atoms with Gasteiger partial charge in [-0.25, -0.2) is 0 Å². The predicted octanol–water partition coefficient (Wildman–Crippen LogP) is 2.18. The van der Waals surface area contributed by atoms with Crippen molar-refractivity contribution in [2.24, 2.45) is 5.73 Å². The number of nitrogens with two attached hydrogens (primary N) is 1. The smallest absolute Gasteiger partial charge is 0.189 e. The number of rotatable bonds is 2. The molecule has 0 bridgehead atoms. The van der Waals surface area contributed by atoms with E-state index in [1.54, 1.807) is 0 Å². The fourth-order valence-corrected chi connectivity index (χ4v) is 1.76. The van der Waals surface area contributed by atoms with Crippen LogP contribution in [0.2, 0.25) is 5.02 Å². The quantitative estimate of drug-likeness (QED) is 0.839. The summed E-state index contributed by atoms with van der Waals surface area (Å²) < 4.78 is 10.6. The number of benzene rings is 1. The van der Waals surface area contributed by atoms with Crippen LogP contribution in [0, 0.1) is 0 Å². The second-order valence-electron chi connectivity index (χ2n) is 3.19. The van der Waals surface area contributed by atoms with Gasteiger partial charge in [-0.2, -0.15) is 0 Å². The van der Waals surface area contributed by atoms with E-state index < -0.39 is 0 Å². The van der Waals surface area contributed by atoms with Crippen LogP contribution in [0.25, 0.3) is 6.08 Å². The highest BCUT2D eigenvalue weighted by atomic mass is 35.5. The molecule has 4 heteroatoms. The summed E-state index contributed by atoms with van der Waals surface area (Å²) in [6, 6.07) is 3.68. The number of ether oxygens (including phenoxy) is 2. The average molecular weight is 226 g/mol.